The van der Waals surface area contributed by atoms with E-state index in [9.17, 15) is 45.8 Å². The molecule has 0 unspecified atom stereocenters. The highest BCUT2D eigenvalue weighted by Crippen LogP contribution is 2.33. The Labute approximate surface area is 302 Å². The molecule has 5 rings (SSSR count). The maximum absolute atomic E-state index is 12.0. The average molecular weight is 753 g/mol. The summed E-state index contributed by atoms with van der Waals surface area (Å²) >= 11 is 0. The molecule has 18 heteroatoms. The Morgan fingerprint density at radius 1 is 0.981 bits per heavy atom. The monoisotopic (exact) mass is 752 g/mol. The third kappa shape index (κ3) is 11.0. The molecule has 4 heterocycles. The molecule has 0 spiro atoms. The van der Waals surface area contributed by atoms with Gasteiger partial charge in [-0.2, -0.15) is 26.3 Å². The van der Waals surface area contributed by atoms with Gasteiger partial charge in [0.15, 0.2) is 0 Å². The molecule has 0 bridgehead atoms. The maximum Gasteiger partial charge on any atom is 0.458 e. The van der Waals surface area contributed by atoms with Gasteiger partial charge in [0.25, 0.3) is 0 Å². The first-order valence-corrected chi connectivity index (χ1v) is 17.0. The van der Waals surface area contributed by atoms with E-state index in [-0.39, 0.29) is 6.54 Å². The highest BCUT2D eigenvalue weighted by Gasteiger charge is 2.54. The third-order valence-electron chi connectivity index (χ3n) is 8.90. The van der Waals surface area contributed by atoms with Crippen molar-refractivity contribution in [3.05, 3.63) is 65.1 Å². The van der Waals surface area contributed by atoms with Crippen molar-refractivity contribution in [1.82, 2.24) is 20.3 Å². The first kappa shape index (κ1) is 40.8. The Bertz CT molecular complexity index is 1700. The lowest BCUT2D eigenvalue weighted by Crippen LogP contribution is -2.42. The number of ketones is 2. The van der Waals surface area contributed by atoms with E-state index in [0.717, 1.165) is 73.8 Å². The molecule has 0 radical (unpaired) electrons. The number of Topliss-reactive ketones (excluding diaryl/α,β-unsaturated/α-hetero) is 2. The van der Waals surface area contributed by atoms with E-state index in [1.54, 1.807) is 6.33 Å². The Morgan fingerprint density at radius 2 is 1.62 bits per heavy atom. The van der Waals surface area contributed by atoms with Crippen LogP contribution in [-0.2, 0) is 33.8 Å². The van der Waals surface area contributed by atoms with E-state index in [1.165, 1.54) is 17.7 Å². The van der Waals surface area contributed by atoms with Crippen LogP contribution in [0.1, 0.15) is 54.5 Å². The molecule has 288 valence electrons. The van der Waals surface area contributed by atoms with Crippen molar-refractivity contribution in [1.29, 1.82) is 0 Å². The van der Waals surface area contributed by atoms with E-state index < -0.39 is 35.9 Å². The van der Waals surface area contributed by atoms with Crippen LogP contribution >= 0.6 is 0 Å². The summed E-state index contributed by atoms with van der Waals surface area (Å²) < 4.78 is 67.0. The number of anilines is 4. The number of piperidine rings is 1. The largest absolute Gasteiger partial charge is 0.480 e. The van der Waals surface area contributed by atoms with Crippen LogP contribution in [0.3, 0.4) is 0 Å². The molecule has 4 N–H and O–H groups in total. The van der Waals surface area contributed by atoms with Crippen LogP contribution < -0.4 is 25.8 Å². The molecule has 0 aliphatic carbocycles. The Kier molecular flexibility index (Phi) is 13.6. The van der Waals surface area contributed by atoms with Crippen molar-refractivity contribution in [3.63, 3.8) is 0 Å². The SMILES string of the molecule is CCc1c(NC[C@H](NCc2ccc(N(C)C)cc2)C(=O)O)ncnc1N1CCC(c2ccc3c(n2)NCCC3)CC1.O=C(C(=O)C(F)(F)F)C(F)(F)F. The topological polar surface area (TPSA) is 153 Å². The molecule has 12 nitrogen and oxygen atoms in total. The number of carboxylic acids is 1. The molecule has 2 aliphatic heterocycles. The van der Waals surface area contributed by atoms with Crippen molar-refractivity contribution in [2.75, 3.05) is 60.7 Å². The van der Waals surface area contributed by atoms with E-state index in [0.29, 0.717) is 18.3 Å². The summed E-state index contributed by atoms with van der Waals surface area (Å²) in [5, 5.41) is 19.8. The van der Waals surface area contributed by atoms with E-state index >= 15 is 0 Å². The average Bonchev–Trinajstić information content (AvgIpc) is 3.13. The fourth-order valence-electron chi connectivity index (χ4n) is 5.97. The molecule has 0 saturated carbocycles. The number of nitrogens with one attached hydrogen (secondary N) is 3. The normalized spacial score (nSPS) is 15.3. The second kappa shape index (κ2) is 17.7. The van der Waals surface area contributed by atoms with Gasteiger partial charge in [-0.1, -0.05) is 25.1 Å². The summed E-state index contributed by atoms with van der Waals surface area (Å²) in [6.07, 6.45) is -4.91. The number of nitrogens with zero attached hydrogens (tertiary/aromatic N) is 5. The zero-order valence-electron chi connectivity index (χ0n) is 29.4. The van der Waals surface area contributed by atoms with Gasteiger partial charge in [-0.3, -0.25) is 19.7 Å². The second-order valence-corrected chi connectivity index (χ2v) is 12.8. The molecule has 0 amide bonds. The van der Waals surface area contributed by atoms with Gasteiger partial charge >= 0.3 is 29.9 Å². The number of rotatable bonds is 12. The number of hydrogen-bond donors (Lipinski definition) is 4. The number of aliphatic carboxylic acids is 1. The van der Waals surface area contributed by atoms with Crippen molar-refractivity contribution < 1.29 is 45.8 Å². The Balaban J connectivity index is 0.000000450. The van der Waals surface area contributed by atoms with Crippen LogP contribution in [0.2, 0.25) is 0 Å². The van der Waals surface area contributed by atoms with Gasteiger partial charge in [0.2, 0.25) is 0 Å². The quantitative estimate of drug-likeness (QED) is 0.143. The van der Waals surface area contributed by atoms with Gasteiger partial charge in [-0.15, -0.1) is 0 Å². The van der Waals surface area contributed by atoms with Crippen LogP contribution in [0.5, 0.6) is 0 Å². The number of halogens is 6. The lowest BCUT2D eigenvalue weighted by Gasteiger charge is -2.34. The van der Waals surface area contributed by atoms with Gasteiger partial charge in [-0.05, 0) is 61.4 Å². The Hall–Kier alpha value is -5.00. The minimum atomic E-state index is -5.77. The molecular formula is C35H42F6N8O4. The molecule has 53 heavy (non-hydrogen) atoms. The lowest BCUT2D eigenvalue weighted by molar-refractivity contribution is -0.193. The van der Waals surface area contributed by atoms with Gasteiger partial charge in [0, 0.05) is 69.7 Å². The van der Waals surface area contributed by atoms with Crippen molar-refractivity contribution in [2.24, 2.45) is 0 Å². The molecule has 1 atom stereocenters. The summed E-state index contributed by atoms with van der Waals surface area (Å²) in [7, 11) is 3.99. The number of aromatic nitrogens is 3. The number of carboxylic acid groups (broad SMARTS) is 1. The van der Waals surface area contributed by atoms with Crippen LogP contribution in [0.15, 0.2) is 42.7 Å². The molecule has 3 aromatic rings. The molecule has 1 aromatic carbocycles. The minimum absolute atomic E-state index is 0.217. The smallest absolute Gasteiger partial charge is 0.458 e. The molecule has 1 fully saturated rings. The highest BCUT2D eigenvalue weighted by atomic mass is 19.4. The van der Waals surface area contributed by atoms with Gasteiger partial charge in [-0.25, -0.2) is 15.0 Å². The van der Waals surface area contributed by atoms with Crippen molar-refractivity contribution in [3.8, 4) is 0 Å². The number of fused-ring (bicyclic) bond motifs is 1. The number of aryl methyl sites for hydroxylation is 1. The number of benzene rings is 1. The predicted octanol–water partition coefficient (Wildman–Crippen LogP) is 5.15. The second-order valence-electron chi connectivity index (χ2n) is 12.8. The molecule has 2 aliphatic rings. The summed E-state index contributed by atoms with van der Waals surface area (Å²) in [5.74, 6) is -4.58. The van der Waals surface area contributed by atoms with Crippen LogP contribution in [0.4, 0.5) is 49.5 Å². The third-order valence-corrected chi connectivity index (χ3v) is 8.90. The number of pyridine rings is 1. The number of carbonyl (C=O) groups excluding carboxylic acids is 2. The maximum atomic E-state index is 12.0. The summed E-state index contributed by atoms with van der Waals surface area (Å²) in [6, 6.07) is 11.8. The first-order chi connectivity index (χ1) is 25.0. The zero-order chi connectivity index (χ0) is 38.9. The van der Waals surface area contributed by atoms with Gasteiger partial charge in [0.1, 0.15) is 29.8 Å². The highest BCUT2D eigenvalue weighted by molar-refractivity contribution is 6.41. The summed E-state index contributed by atoms with van der Waals surface area (Å²) in [6.45, 7) is 5.56. The number of carbonyl (C=O) groups is 3. The fraction of sp³-hybridized carbons (Fsp3) is 0.486. The summed E-state index contributed by atoms with van der Waals surface area (Å²) in [5.41, 5.74) is 5.66. The van der Waals surface area contributed by atoms with Crippen molar-refractivity contribution >= 4 is 40.7 Å². The van der Waals surface area contributed by atoms with Gasteiger partial charge < -0.3 is 25.5 Å². The Morgan fingerprint density at radius 3 is 2.19 bits per heavy atom. The number of alkyl halides is 6. The first-order valence-electron chi connectivity index (χ1n) is 17.0. The van der Waals surface area contributed by atoms with E-state index in [2.05, 4.69) is 49.9 Å². The predicted molar refractivity (Wildman–Crippen MR) is 186 cm³/mol. The lowest BCUT2D eigenvalue weighted by atomic mass is 9.92. The van der Waals surface area contributed by atoms with Crippen LogP contribution in [-0.4, -0.2) is 96.3 Å². The minimum Gasteiger partial charge on any atom is -0.480 e. The van der Waals surface area contributed by atoms with Crippen molar-refractivity contribution in [2.45, 2.75) is 69.9 Å². The molecule has 2 aromatic heterocycles. The number of hydrogen-bond acceptors (Lipinski definition) is 11. The molecular weight excluding hydrogens is 710 g/mol. The molecule has 1 saturated heterocycles. The fourth-order valence-corrected chi connectivity index (χ4v) is 5.97. The van der Waals surface area contributed by atoms with E-state index in [4.69, 9.17) is 4.98 Å². The van der Waals surface area contributed by atoms with Gasteiger partial charge in [0.05, 0.1) is 0 Å². The van der Waals surface area contributed by atoms with Crippen LogP contribution in [0, 0.1) is 0 Å². The van der Waals surface area contributed by atoms with Crippen LogP contribution in [0.25, 0.3) is 0 Å². The standard InChI is InChI=1S/C31H42N8O2.C4F6O2/c1-4-25-29(34-19-27(31(40)41)33-18-21-7-10-24(11-8-21)38(2)3)35-20-36-30(25)39-16-13-22(14-17-39)26-12-9-23-6-5-15-32-28(23)37-26;5-3(6,7)1(11)2(12)4(8,9)10/h7-12,20,22,27,33H,4-6,13-19H2,1-3H3,(H,32,37)(H,40,41)(H,34,35,36);/t27-;/m0./s1. The van der Waals surface area contributed by atoms with E-state index in [1.807, 2.05) is 43.3 Å². The zero-order valence-corrected chi connectivity index (χ0v) is 29.4. The summed E-state index contributed by atoms with van der Waals surface area (Å²) in [4.78, 5) is 49.7.